The van der Waals surface area contributed by atoms with Gasteiger partial charge in [-0.05, 0) is 26.0 Å². The molecule has 0 aliphatic carbocycles. The van der Waals surface area contributed by atoms with Gasteiger partial charge < -0.3 is 16.2 Å². The normalized spacial score (nSPS) is 16.4. The van der Waals surface area contributed by atoms with Crippen LogP contribution in [-0.2, 0) is 11.0 Å². The van der Waals surface area contributed by atoms with E-state index >= 15 is 0 Å². The molecule has 0 radical (unpaired) electrons. The van der Waals surface area contributed by atoms with Crippen LogP contribution in [0.15, 0.2) is 34.3 Å². The minimum Gasteiger partial charge on any atom is -0.493 e. The van der Waals surface area contributed by atoms with Gasteiger partial charge in [0, 0.05) is 6.42 Å². The van der Waals surface area contributed by atoms with Crippen LogP contribution < -0.4 is 16.2 Å². The van der Waals surface area contributed by atoms with Crippen LogP contribution in [0.5, 0.6) is 5.75 Å². The number of ether oxygens (including phenoxy) is 1. The topological polar surface area (TPSA) is 98.5 Å². The van der Waals surface area contributed by atoms with Crippen LogP contribution >= 0.6 is 17.0 Å². The Hall–Kier alpha value is -2.01. The van der Waals surface area contributed by atoms with E-state index in [1.165, 1.54) is 23.3 Å². The van der Waals surface area contributed by atoms with E-state index in [9.17, 15) is 13.2 Å². The van der Waals surface area contributed by atoms with Gasteiger partial charge in [0.25, 0.3) is 0 Å². The average molecular weight is 440 g/mol. The predicted octanol–water partition coefficient (Wildman–Crippen LogP) is 2.66. The molecule has 0 atom stereocenters. The Bertz CT molecular complexity index is 679. The Balaban J connectivity index is 0.00000338. The summed E-state index contributed by atoms with van der Waals surface area (Å²) in [6.07, 6.45) is -4.13. The van der Waals surface area contributed by atoms with Gasteiger partial charge >= 0.3 is 6.18 Å². The molecule has 4 N–H and O–H groups in total. The fraction of sp³-hybridized carbons (Fsp3) is 0.467. The molecule has 146 valence electrons. The lowest BCUT2D eigenvalue weighted by molar-refractivity contribution is -0.158. The lowest BCUT2D eigenvalue weighted by atomic mass is 10.2. The highest BCUT2D eigenvalue weighted by atomic mass is 79.9. The first-order chi connectivity index (χ1) is 11.6. The van der Waals surface area contributed by atoms with Crippen molar-refractivity contribution in [3.05, 3.63) is 29.8 Å². The van der Waals surface area contributed by atoms with Gasteiger partial charge in [-0.2, -0.15) is 23.2 Å². The van der Waals surface area contributed by atoms with Crippen LogP contribution in [0, 0.1) is 0 Å². The van der Waals surface area contributed by atoms with Gasteiger partial charge in [-0.3, -0.25) is 4.84 Å². The minimum atomic E-state index is -4.46. The lowest BCUT2D eigenvalue weighted by Gasteiger charge is -2.36. The fourth-order valence-electron chi connectivity index (χ4n) is 2.24. The smallest absolute Gasteiger partial charge is 0.419 e. The molecule has 0 bridgehead atoms. The first-order valence-corrected chi connectivity index (χ1v) is 7.53. The van der Waals surface area contributed by atoms with E-state index in [0.29, 0.717) is 6.42 Å². The Morgan fingerprint density at radius 3 is 2.42 bits per heavy atom. The van der Waals surface area contributed by atoms with Gasteiger partial charge in [0.15, 0.2) is 5.66 Å². The number of para-hydroxylation sites is 1. The van der Waals surface area contributed by atoms with Crippen LogP contribution in [0.25, 0.3) is 0 Å². The van der Waals surface area contributed by atoms with Gasteiger partial charge in [-0.25, -0.2) is 4.99 Å². The zero-order valence-corrected chi connectivity index (χ0v) is 16.0. The Kier molecular flexibility index (Phi) is 7.27. The largest absolute Gasteiger partial charge is 0.493 e. The molecule has 7 nitrogen and oxygen atoms in total. The van der Waals surface area contributed by atoms with Crippen molar-refractivity contribution in [3.8, 4) is 5.75 Å². The van der Waals surface area contributed by atoms with Crippen LogP contribution in [0.3, 0.4) is 0 Å². The van der Waals surface area contributed by atoms with Crippen molar-refractivity contribution in [2.75, 3.05) is 13.2 Å². The third-order valence-corrected chi connectivity index (χ3v) is 3.28. The Morgan fingerprint density at radius 1 is 1.15 bits per heavy atom. The second kappa shape index (κ2) is 8.58. The molecule has 1 aromatic carbocycles. The standard InChI is InChI=1S/C15H20F3N5O2.BrH/c1-14(2)22-12(19)21-13(20)23(14)25-9-5-8-24-11-7-4-3-6-10(11)15(16,17)18;/h3-4,6-7H,5,8-9H2,1-2H3,(H4,19,20,21,22);1H. The molecule has 2 rings (SSSR count). The molecule has 1 aliphatic heterocycles. The number of alkyl halides is 3. The number of nitrogens with two attached hydrogens (primary N) is 2. The Labute approximate surface area is 159 Å². The van der Waals surface area contributed by atoms with Gasteiger partial charge in [-0.15, -0.1) is 17.0 Å². The summed E-state index contributed by atoms with van der Waals surface area (Å²) >= 11 is 0. The van der Waals surface area contributed by atoms with Crippen molar-refractivity contribution in [2.45, 2.75) is 32.1 Å². The first-order valence-electron chi connectivity index (χ1n) is 7.53. The van der Waals surface area contributed by atoms with Gasteiger partial charge in [0.2, 0.25) is 11.9 Å². The summed E-state index contributed by atoms with van der Waals surface area (Å²) in [6.45, 7) is 3.67. The SMILES string of the molecule is Br.CC1(C)N=C(N)N=C(N)N1OCCCOc1ccccc1C(F)(F)F. The van der Waals surface area contributed by atoms with E-state index in [1.807, 2.05) is 0 Å². The predicted molar refractivity (Wildman–Crippen MR) is 97.0 cm³/mol. The van der Waals surface area contributed by atoms with Crippen molar-refractivity contribution in [1.29, 1.82) is 0 Å². The monoisotopic (exact) mass is 439 g/mol. The number of nitrogens with zero attached hydrogens (tertiary/aromatic N) is 3. The second-order valence-electron chi connectivity index (χ2n) is 5.76. The molecule has 1 heterocycles. The molecular weight excluding hydrogens is 419 g/mol. The molecular formula is C15H21BrF3N5O2. The number of benzene rings is 1. The molecule has 1 aliphatic rings. The van der Waals surface area contributed by atoms with Crippen molar-refractivity contribution >= 4 is 28.9 Å². The molecule has 0 spiro atoms. The zero-order chi connectivity index (χ0) is 18.7. The van der Waals surface area contributed by atoms with Gasteiger partial charge in [-0.1, -0.05) is 12.1 Å². The molecule has 0 fully saturated rings. The van der Waals surface area contributed by atoms with Crippen LogP contribution in [-0.4, -0.2) is 35.9 Å². The molecule has 0 unspecified atom stereocenters. The van der Waals surface area contributed by atoms with Crippen molar-refractivity contribution in [3.63, 3.8) is 0 Å². The minimum absolute atomic E-state index is 0. The molecule has 0 saturated carbocycles. The second-order valence-corrected chi connectivity index (χ2v) is 5.76. The third-order valence-electron chi connectivity index (χ3n) is 3.28. The zero-order valence-electron chi connectivity index (χ0n) is 14.3. The summed E-state index contributed by atoms with van der Waals surface area (Å²) in [5.41, 5.74) is 9.65. The molecule has 0 saturated heterocycles. The molecule has 26 heavy (non-hydrogen) atoms. The number of guanidine groups is 2. The highest BCUT2D eigenvalue weighted by Crippen LogP contribution is 2.35. The first kappa shape index (κ1) is 22.0. The van der Waals surface area contributed by atoms with E-state index in [4.69, 9.17) is 21.0 Å². The number of halogens is 4. The molecule has 11 heteroatoms. The summed E-state index contributed by atoms with van der Waals surface area (Å²) in [7, 11) is 0. The summed E-state index contributed by atoms with van der Waals surface area (Å²) in [4.78, 5) is 13.4. The molecule has 0 aromatic heterocycles. The quantitative estimate of drug-likeness (QED) is 0.663. The number of rotatable bonds is 6. The van der Waals surface area contributed by atoms with Crippen LogP contribution in [0.1, 0.15) is 25.8 Å². The van der Waals surface area contributed by atoms with E-state index < -0.39 is 17.4 Å². The summed E-state index contributed by atoms with van der Waals surface area (Å²) in [6, 6.07) is 5.05. The highest BCUT2D eigenvalue weighted by molar-refractivity contribution is 8.93. The van der Waals surface area contributed by atoms with E-state index in [0.717, 1.165) is 6.07 Å². The van der Waals surface area contributed by atoms with Crippen molar-refractivity contribution < 1.29 is 22.7 Å². The van der Waals surface area contributed by atoms with Crippen molar-refractivity contribution in [2.24, 2.45) is 21.5 Å². The Morgan fingerprint density at radius 2 is 1.81 bits per heavy atom. The fourth-order valence-corrected chi connectivity index (χ4v) is 2.24. The maximum Gasteiger partial charge on any atom is 0.419 e. The van der Waals surface area contributed by atoms with E-state index in [-0.39, 0.29) is 47.9 Å². The van der Waals surface area contributed by atoms with E-state index in [1.54, 1.807) is 13.8 Å². The highest BCUT2D eigenvalue weighted by Gasteiger charge is 2.34. The maximum absolute atomic E-state index is 12.9. The van der Waals surface area contributed by atoms with Crippen LogP contribution in [0.4, 0.5) is 13.2 Å². The third kappa shape index (κ3) is 5.49. The lowest BCUT2D eigenvalue weighted by Crippen LogP contribution is -2.53. The summed E-state index contributed by atoms with van der Waals surface area (Å²) in [5.74, 6) is -0.109. The number of hydroxylamine groups is 2. The number of hydrogen-bond donors (Lipinski definition) is 2. The number of aliphatic imine (C=N–C) groups is 2. The molecule has 0 amide bonds. The van der Waals surface area contributed by atoms with Crippen molar-refractivity contribution in [1.82, 2.24) is 5.06 Å². The number of hydrogen-bond acceptors (Lipinski definition) is 7. The van der Waals surface area contributed by atoms with Gasteiger partial charge in [0.1, 0.15) is 5.75 Å². The average Bonchev–Trinajstić information content (AvgIpc) is 2.47. The summed E-state index contributed by atoms with van der Waals surface area (Å²) in [5, 5.41) is 1.30. The van der Waals surface area contributed by atoms with Crippen LogP contribution in [0.2, 0.25) is 0 Å². The molecule has 1 aromatic rings. The summed E-state index contributed by atoms with van der Waals surface area (Å²) < 4.78 is 43.8. The maximum atomic E-state index is 12.9. The van der Waals surface area contributed by atoms with E-state index in [2.05, 4.69) is 9.98 Å². The van der Waals surface area contributed by atoms with Gasteiger partial charge in [0.05, 0.1) is 18.8 Å².